The Kier molecular flexibility index (Phi) is 3.27. The Morgan fingerprint density at radius 1 is 1.14 bits per heavy atom. The van der Waals surface area contributed by atoms with E-state index in [4.69, 9.17) is 0 Å². The first-order valence-electron chi connectivity index (χ1n) is 5.79. The fraction of sp³-hybridized carbons (Fsp3) is 1.00. The molecule has 0 aromatic heterocycles. The highest BCUT2D eigenvalue weighted by molar-refractivity contribution is 4.98. The molecule has 1 atom stereocenters. The minimum atomic E-state index is 0.241. The molecule has 1 rings (SSSR count). The molecule has 2 nitrogen and oxygen atoms in total. The summed E-state index contributed by atoms with van der Waals surface area (Å²) in [5.74, 6) is 0. The topological polar surface area (TPSA) is 15.3 Å². The summed E-state index contributed by atoms with van der Waals surface area (Å²) in [6.07, 6.45) is 1.24. The third kappa shape index (κ3) is 2.96. The lowest BCUT2D eigenvalue weighted by molar-refractivity contribution is 0.0500. The molecule has 14 heavy (non-hydrogen) atoms. The van der Waals surface area contributed by atoms with E-state index >= 15 is 0 Å². The maximum absolute atomic E-state index is 3.70. The van der Waals surface area contributed by atoms with Crippen LogP contribution in [0.4, 0.5) is 0 Å². The van der Waals surface area contributed by atoms with Crippen LogP contribution in [0.1, 0.15) is 48.0 Å². The van der Waals surface area contributed by atoms with Gasteiger partial charge in [-0.1, -0.05) is 6.92 Å². The van der Waals surface area contributed by atoms with E-state index in [1.807, 2.05) is 0 Å². The summed E-state index contributed by atoms with van der Waals surface area (Å²) >= 11 is 0. The number of rotatable bonds is 2. The second-order valence-corrected chi connectivity index (χ2v) is 6.06. The molecular weight excluding hydrogens is 172 g/mol. The molecule has 1 saturated heterocycles. The van der Waals surface area contributed by atoms with E-state index in [1.54, 1.807) is 0 Å². The van der Waals surface area contributed by atoms with Crippen LogP contribution in [0.5, 0.6) is 0 Å². The molecule has 0 amide bonds. The van der Waals surface area contributed by atoms with Gasteiger partial charge < -0.3 is 5.32 Å². The molecule has 1 unspecified atom stereocenters. The quantitative estimate of drug-likeness (QED) is 0.732. The minimum absolute atomic E-state index is 0.241. The van der Waals surface area contributed by atoms with E-state index in [1.165, 1.54) is 6.42 Å². The molecule has 0 bridgehead atoms. The third-order valence-corrected chi connectivity index (χ3v) is 3.09. The van der Waals surface area contributed by atoms with Crippen LogP contribution < -0.4 is 5.32 Å². The normalized spacial score (nSPS) is 28.7. The second-order valence-electron chi connectivity index (χ2n) is 6.06. The Bertz CT molecular complexity index is 180. The predicted octanol–water partition coefficient (Wildman–Crippen LogP) is 2.25. The number of nitrogens with zero attached hydrogens (tertiary/aromatic N) is 1. The third-order valence-electron chi connectivity index (χ3n) is 3.09. The maximum Gasteiger partial charge on any atom is 0.0257 e. The Labute approximate surface area is 89.1 Å². The van der Waals surface area contributed by atoms with Crippen LogP contribution in [0.25, 0.3) is 0 Å². The Morgan fingerprint density at radius 2 is 1.57 bits per heavy atom. The van der Waals surface area contributed by atoms with Gasteiger partial charge in [0.15, 0.2) is 0 Å². The van der Waals surface area contributed by atoms with Crippen LogP contribution in [0.15, 0.2) is 0 Å². The summed E-state index contributed by atoms with van der Waals surface area (Å²) in [6, 6.07) is 0.704. The lowest BCUT2D eigenvalue weighted by Gasteiger charge is -2.50. The molecule has 1 aliphatic heterocycles. The summed E-state index contributed by atoms with van der Waals surface area (Å²) in [5.41, 5.74) is 0.482. The highest BCUT2D eigenvalue weighted by Crippen LogP contribution is 2.23. The van der Waals surface area contributed by atoms with Gasteiger partial charge in [0.1, 0.15) is 0 Å². The molecule has 1 heterocycles. The van der Waals surface area contributed by atoms with Gasteiger partial charge in [0, 0.05) is 30.2 Å². The van der Waals surface area contributed by atoms with E-state index in [9.17, 15) is 0 Å². The van der Waals surface area contributed by atoms with Crippen molar-refractivity contribution >= 4 is 0 Å². The molecule has 0 saturated carbocycles. The van der Waals surface area contributed by atoms with Gasteiger partial charge in [-0.2, -0.15) is 0 Å². The van der Waals surface area contributed by atoms with Gasteiger partial charge in [0.25, 0.3) is 0 Å². The Balaban J connectivity index is 2.71. The minimum Gasteiger partial charge on any atom is -0.304 e. The van der Waals surface area contributed by atoms with Gasteiger partial charge in [-0.15, -0.1) is 0 Å². The monoisotopic (exact) mass is 198 g/mol. The maximum atomic E-state index is 3.70. The second kappa shape index (κ2) is 3.82. The van der Waals surface area contributed by atoms with Crippen molar-refractivity contribution in [2.24, 2.45) is 0 Å². The fourth-order valence-corrected chi connectivity index (χ4v) is 2.64. The molecule has 0 aliphatic carbocycles. The smallest absolute Gasteiger partial charge is 0.0257 e. The van der Waals surface area contributed by atoms with E-state index in [0.29, 0.717) is 6.04 Å². The van der Waals surface area contributed by atoms with E-state index < -0.39 is 0 Å². The largest absolute Gasteiger partial charge is 0.304 e. The molecule has 84 valence electrons. The summed E-state index contributed by atoms with van der Waals surface area (Å²) in [6.45, 7) is 16.1. The van der Waals surface area contributed by atoms with Gasteiger partial charge in [-0.25, -0.2) is 0 Å². The van der Waals surface area contributed by atoms with Crippen LogP contribution in [0.3, 0.4) is 0 Å². The SMILES string of the molecule is CCC(C)N1CC(C)(C)NC(C)(C)C1. The molecule has 0 spiro atoms. The molecular formula is C12H26N2. The van der Waals surface area contributed by atoms with Crippen molar-refractivity contribution in [1.82, 2.24) is 10.2 Å². The van der Waals surface area contributed by atoms with Crippen LogP contribution in [0, 0.1) is 0 Å². The number of nitrogens with one attached hydrogen (secondary N) is 1. The summed E-state index contributed by atoms with van der Waals surface area (Å²) in [5, 5.41) is 3.70. The first kappa shape index (κ1) is 12.0. The van der Waals surface area contributed by atoms with Gasteiger partial charge in [-0.05, 0) is 41.0 Å². The van der Waals surface area contributed by atoms with Crippen molar-refractivity contribution in [3.05, 3.63) is 0 Å². The highest BCUT2D eigenvalue weighted by Gasteiger charge is 2.37. The molecule has 1 aliphatic rings. The van der Waals surface area contributed by atoms with Crippen molar-refractivity contribution in [3.63, 3.8) is 0 Å². The van der Waals surface area contributed by atoms with Gasteiger partial charge in [0.2, 0.25) is 0 Å². The average molecular weight is 198 g/mol. The van der Waals surface area contributed by atoms with E-state index in [2.05, 4.69) is 51.8 Å². The first-order chi connectivity index (χ1) is 6.26. The molecule has 0 aromatic carbocycles. The fourth-order valence-electron chi connectivity index (χ4n) is 2.64. The molecule has 1 N–H and O–H groups in total. The molecule has 2 heteroatoms. The predicted molar refractivity (Wildman–Crippen MR) is 62.6 cm³/mol. The van der Waals surface area contributed by atoms with Crippen LogP contribution in [-0.4, -0.2) is 35.1 Å². The zero-order chi connectivity index (χ0) is 11.0. The average Bonchev–Trinajstić information content (AvgIpc) is 1.97. The van der Waals surface area contributed by atoms with Crippen LogP contribution in [-0.2, 0) is 0 Å². The number of piperazine rings is 1. The zero-order valence-electron chi connectivity index (χ0n) is 10.6. The standard InChI is InChI=1S/C12H26N2/c1-7-10(2)14-8-11(3,4)13-12(5,6)9-14/h10,13H,7-9H2,1-6H3. The van der Waals surface area contributed by atoms with E-state index in [-0.39, 0.29) is 11.1 Å². The van der Waals surface area contributed by atoms with Crippen molar-refractivity contribution in [3.8, 4) is 0 Å². The van der Waals surface area contributed by atoms with Crippen molar-refractivity contribution < 1.29 is 0 Å². The van der Waals surface area contributed by atoms with Crippen molar-refractivity contribution in [1.29, 1.82) is 0 Å². The van der Waals surface area contributed by atoms with Gasteiger partial charge >= 0.3 is 0 Å². The molecule has 1 fully saturated rings. The highest BCUT2D eigenvalue weighted by atomic mass is 15.3. The zero-order valence-corrected chi connectivity index (χ0v) is 10.6. The number of hydrogen-bond acceptors (Lipinski definition) is 2. The summed E-state index contributed by atoms with van der Waals surface area (Å²) in [7, 11) is 0. The summed E-state index contributed by atoms with van der Waals surface area (Å²) < 4.78 is 0. The summed E-state index contributed by atoms with van der Waals surface area (Å²) in [4.78, 5) is 2.61. The van der Waals surface area contributed by atoms with E-state index in [0.717, 1.165) is 13.1 Å². The Morgan fingerprint density at radius 3 is 1.93 bits per heavy atom. The van der Waals surface area contributed by atoms with Crippen LogP contribution in [0.2, 0.25) is 0 Å². The first-order valence-corrected chi connectivity index (χ1v) is 5.79. The van der Waals surface area contributed by atoms with Gasteiger partial charge in [0.05, 0.1) is 0 Å². The molecule has 0 aromatic rings. The Hall–Kier alpha value is -0.0800. The van der Waals surface area contributed by atoms with Crippen molar-refractivity contribution in [2.45, 2.75) is 65.1 Å². The lowest BCUT2D eigenvalue weighted by Crippen LogP contribution is -2.67. The van der Waals surface area contributed by atoms with Crippen LogP contribution >= 0.6 is 0 Å². The lowest BCUT2D eigenvalue weighted by atomic mass is 9.90. The molecule has 0 radical (unpaired) electrons. The van der Waals surface area contributed by atoms with Crippen molar-refractivity contribution in [2.75, 3.05) is 13.1 Å². The number of hydrogen-bond donors (Lipinski definition) is 1. The van der Waals surface area contributed by atoms with Gasteiger partial charge in [-0.3, -0.25) is 4.90 Å².